The summed E-state index contributed by atoms with van der Waals surface area (Å²) >= 11 is 0. The minimum atomic E-state index is 1.07. The molecule has 0 aliphatic heterocycles. The molecule has 1 nitrogen and oxygen atoms in total. The molecule has 100 valence electrons. The summed E-state index contributed by atoms with van der Waals surface area (Å²) in [4.78, 5) is 2.44. The number of anilines is 1. The molecule has 0 aromatic heterocycles. The third kappa shape index (κ3) is 4.13. The van der Waals surface area contributed by atoms with E-state index in [0.717, 1.165) is 19.5 Å². The highest BCUT2D eigenvalue weighted by atomic mass is 15.1. The molecule has 0 saturated heterocycles. The van der Waals surface area contributed by atoms with Gasteiger partial charge in [0.2, 0.25) is 0 Å². The second kappa shape index (κ2) is 6.98. The second-order valence-electron chi connectivity index (χ2n) is 5.01. The Morgan fingerprint density at radius 2 is 1.74 bits per heavy atom. The normalized spacial score (nSPS) is 10.4. The molecular formula is C18H23N. The average Bonchev–Trinajstić information content (AvgIpc) is 2.45. The summed E-state index contributed by atoms with van der Waals surface area (Å²) in [6, 6.07) is 19.5. The fourth-order valence-electron chi connectivity index (χ4n) is 2.45. The van der Waals surface area contributed by atoms with Crippen LogP contribution in [-0.2, 0) is 6.42 Å². The lowest BCUT2D eigenvalue weighted by Gasteiger charge is -2.23. The quantitative estimate of drug-likeness (QED) is 0.735. The summed E-state index contributed by atoms with van der Waals surface area (Å²) in [6.07, 6.45) is 2.36. The predicted molar refractivity (Wildman–Crippen MR) is 83.8 cm³/mol. The predicted octanol–water partition coefficient (Wildman–Crippen LogP) is 4.45. The summed E-state index contributed by atoms with van der Waals surface area (Å²) in [6.45, 7) is 6.57. The largest absolute Gasteiger partial charge is 0.372 e. The molecule has 2 aromatic rings. The highest BCUT2D eigenvalue weighted by Crippen LogP contribution is 2.14. The zero-order valence-corrected chi connectivity index (χ0v) is 12.0. The Hall–Kier alpha value is -1.76. The van der Waals surface area contributed by atoms with Crippen molar-refractivity contribution in [3.05, 3.63) is 65.7 Å². The summed E-state index contributed by atoms with van der Waals surface area (Å²) in [7, 11) is 0. The zero-order chi connectivity index (χ0) is 13.5. The first-order chi connectivity index (χ1) is 9.29. The number of hydrogen-bond acceptors (Lipinski definition) is 1. The minimum Gasteiger partial charge on any atom is -0.372 e. The molecular weight excluding hydrogens is 230 g/mol. The average molecular weight is 253 g/mol. The van der Waals surface area contributed by atoms with E-state index in [2.05, 4.69) is 73.3 Å². The van der Waals surface area contributed by atoms with Gasteiger partial charge in [0.25, 0.3) is 0 Å². The van der Waals surface area contributed by atoms with Crippen molar-refractivity contribution in [2.45, 2.75) is 26.7 Å². The van der Waals surface area contributed by atoms with Crippen LogP contribution >= 0.6 is 0 Å². The zero-order valence-electron chi connectivity index (χ0n) is 12.0. The van der Waals surface area contributed by atoms with Crippen molar-refractivity contribution < 1.29 is 0 Å². The van der Waals surface area contributed by atoms with Crippen molar-refractivity contribution in [2.75, 3.05) is 18.0 Å². The molecule has 0 spiro atoms. The number of para-hydroxylation sites is 1. The monoisotopic (exact) mass is 253 g/mol. The van der Waals surface area contributed by atoms with Gasteiger partial charge in [0, 0.05) is 18.8 Å². The van der Waals surface area contributed by atoms with E-state index in [1.165, 1.54) is 23.2 Å². The lowest BCUT2D eigenvalue weighted by atomic mass is 10.1. The third-order valence-electron chi connectivity index (χ3n) is 3.48. The molecule has 0 radical (unpaired) electrons. The topological polar surface area (TPSA) is 3.24 Å². The van der Waals surface area contributed by atoms with Crippen LogP contribution in [0.5, 0.6) is 0 Å². The molecule has 0 heterocycles. The van der Waals surface area contributed by atoms with Crippen LogP contribution in [-0.4, -0.2) is 13.1 Å². The maximum absolute atomic E-state index is 2.44. The van der Waals surface area contributed by atoms with E-state index in [0.29, 0.717) is 0 Å². The van der Waals surface area contributed by atoms with E-state index >= 15 is 0 Å². The number of aryl methyl sites for hydroxylation is 2. The fraction of sp³-hybridized carbons (Fsp3) is 0.333. The van der Waals surface area contributed by atoms with Crippen LogP contribution in [0.15, 0.2) is 54.6 Å². The first kappa shape index (κ1) is 13.7. The molecule has 2 aromatic carbocycles. The SMILES string of the molecule is CCN(CCCc1cccc(C)c1)c1ccccc1. The lowest BCUT2D eigenvalue weighted by Crippen LogP contribution is -2.24. The summed E-state index contributed by atoms with van der Waals surface area (Å²) < 4.78 is 0. The molecule has 1 heteroatoms. The number of benzene rings is 2. The highest BCUT2D eigenvalue weighted by Gasteiger charge is 2.03. The molecule has 0 aliphatic carbocycles. The first-order valence-electron chi connectivity index (χ1n) is 7.15. The maximum Gasteiger partial charge on any atom is 0.0366 e. The Labute approximate surface area is 116 Å². The highest BCUT2D eigenvalue weighted by molar-refractivity contribution is 5.45. The molecule has 19 heavy (non-hydrogen) atoms. The molecule has 0 saturated carbocycles. The summed E-state index contributed by atoms with van der Waals surface area (Å²) in [5.41, 5.74) is 4.13. The van der Waals surface area contributed by atoms with Gasteiger partial charge < -0.3 is 4.90 Å². The van der Waals surface area contributed by atoms with Gasteiger partial charge in [0.1, 0.15) is 0 Å². The smallest absolute Gasteiger partial charge is 0.0366 e. The fourth-order valence-corrected chi connectivity index (χ4v) is 2.45. The van der Waals surface area contributed by atoms with Crippen molar-refractivity contribution in [2.24, 2.45) is 0 Å². The number of nitrogens with zero attached hydrogens (tertiary/aromatic N) is 1. The van der Waals surface area contributed by atoms with Gasteiger partial charge in [-0.25, -0.2) is 0 Å². The molecule has 0 unspecified atom stereocenters. The molecule has 2 rings (SSSR count). The van der Waals surface area contributed by atoms with Gasteiger partial charge in [-0.1, -0.05) is 48.0 Å². The standard InChI is InChI=1S/C18H23N/c1-3-19(18-12-5-4-6-13-18)14-8-11-17-10-7-9-16(2)15-17/h4-7,9-10,12-13,15H,3,8,11,14H2,1-2H3. The van der Waals surface area contributed by atoms with Crippen molar-refractivity contribution in [1.29, 1.82) is 0 Å². The molecule has 0 N–H and O–H groups in total. The Balaban J connectivity index is 1.87. The first-order valence-corrected chi connectivity index (χ1v) is 7.15. The van der Waals surface area contributed by atoms with Crippen LogP contribution in [0.4, 0.5) is 5.69 Å². The molecule has 0 aliphatic rings. The van der Waals surface area contributed by atoms with Crippen molar-refractivity contribution in [3.8, 4) is 0 Å². The third-order valence-corrected chi connectivity index (χ3v) is 3.48. The Morgan fingerprint density at radius 3 is 2.42 bits per heavy atom. The van der Waals surface area contributed by atoms with Crippen LogP contribution in [0.2, 0.25) is 0 Å². The number of hydrogen-bond donors (Lipinski definition) is 0. The second-order valence-corrected chi connectivity index (χ2v) is 5.01. The van der Waals surface area contributed by atoms with Gasteiger partial charge in [0.15, 0.2) is 0 Å². The summed E-state index contributed by atoms with van der Waals surface area (Å²) in [5.74, 6) is 0. The van der Waals surface area contributed by atoms with E-state index in [9.17, 15) is 0 Å². The summed E-state index contributed by atoms with van der Waals surface area (Å²) in [5, 5.41) is 0. The van der Waals surface area contributed by atoms with Gasteiger partial charge in [-0.3, -0.25) is 0 Å². The van der Waals surface area contributed by atoms with Gasteiger partial charge in [-0.2, -0.15) is 0 Å². The van der Waals surface area contributed by atoms with Gasteiger partial charge in [-0.05, 0) is 44.4 Å². The van der Waals surface area contributed by atoms with E-state index in [-0.39, 0.29) is 0 Å². The molecule has 0 amide bonds. The van der Waals surface area contributed by atoms with Crippen molar-refractivity contribution in [3.63, 3.8) is 0 Å². The Kier molecular flexibility index (Phi) is 5.02. The Bertz CT molecular complexity index is 490. The molecule has 0 atom stereocenters. The minimum absolute atomic E-state index is 1.07. The van der Waals surface area contributed by atoms with Crippen LogP contribution < -0.4 is 4.90 Å². The van der Waals surface area contributed by atoms with Crippen molar-refractivity contribution >= 4 is 5.69 Å². The molecule has 0 fully saturated rings. The van der Waals surface area contributed by atoms with Gasteiger partial charge in [0.05, 0.1) is 0 Å². The Morgan fingerprint density at radius 1 is 0.947 bits per heavy atom. The van der Waals surface area contributed by atoms with Crippen LogP contribution in [0.3, 0.4) is 0 Å². The van der Waals surface area contributed by atoms with E-state index in [1.54, 1.807) is 0 Å². The van der Waals surface area contributed by atoms with Crippen LogP contribution in [0.25, 0.3) is 0 Å². The van der Waals surface area contributed by atoms with Crippen LogP contribution in [0, 0.1) is 6.92 Å². The molecule has 0 bridgehead atoms. The maximum atomic E-state index is 2.44. The van der Waals surface area contributed by atoms with Gasteiger partial charge in [-0.15, -0.1) is 0 Å². The van der Waals surface area contributed by atoms with Gasteiger partial charge >= 0.3 is 0 Å². The van der Waals surface area contributed by atoms with Crippen molar-refractivity contribution in [1.82, 2.24) is 0 Å². The van der Waals surface area contributed by atoms with Crippen LogP contribution in [0.1, 0.15) is 24.5 Å². The number of rotatable bonds is 6. The van der Waals surface area contributed by atoms with E-state index < -0.39 is 0 Å². The van der Waals surface area contributed by atoms with E-state index in [1.807, 2.05) is 0 Å². The van der Waals surface area contributed by atoms with E-state index in [4.69, 9.17) is 0 Å². The lowest BCUT2D eigenvalue weighted by molar-refractivity contribution is 0.746.